The summed E-state index contributed by atoms with van der Waals surface area (Å²) in [5.41, 5.74) is 0.789. The summed E-state index contributed by atoms with van der Waals surface area (Å²) in [5.74, 6) is -1.75. The molecule has 0 amide bonds. The molecule has 0 aromatic heterocycles. The lowest BCUT2D eigenvalue weighted by atomic mass is 9.68. The van der Waals surface area contributed by atoms with Crippen molar-refractivity contribution in [1.29, 1.82) is 0 Å². The lowest BCUT2D eigenvalue weighted by Gasteiger charge is -2.39. The molecule has 2 atom stereocenters. The minimum atomic E-state index is -4.54. The van der Waals surface area contributed by atoms with E-state index in [0.717, 1.165) is 25.0 Å². The lowest BCUT2D eigenvalue weighted by Crippen LogP contribution is -2.39. The number of hydrogen-bond donors (Lipinski definition) is 1. The monoisotopic (exact) mass is 463 g/mol. The van der Waals surface area contributed by atoms with Crippen molar-refractivity contribution in [3.05, 3.63) is 57.9 Å². The molecular formula is C25H28F3NO4. The quantitative estimate of drug-likeness (QED) is 0.635. The first-order chi connectivity index (χ1) is 15.5. The maximum Gasteiger partial charge on any atom is 0.416 e. The molecule has 33 heavy (non-hydrogen) atoms. The lowest BCUT2D eigenvalue weighted by molar-refractivity contribution is -0.142. The Morgan fingerprint density at radius 1 is 1.27 bits per heavy atom. The molecule has 2 heterocycles. The fourth-order valence-electron chi connectivity index (χ4n) is 4.96. The van der Waals surface area contributed by atoms with Crippen LogP contribution in [0.5, 0.6) is 0 Å². The van der Waals surface area contributed by atoms with Gasteiger partial charge in [0.25, 0.3) is 0 Å². The van der Waals surface area contributed by atoms with Gasteiger partial charge in [-0.3, -0.25) is 4.79 Å². The molecule has 1 aliphatic carbocycles. The molecule has 1 aromatic rings. The summed E-state index contributed by atoms with van der Waals surface area (Å²) in [6, 6.07) is 4.85. The molecule has 1 fully saturated rings. The summed E-state index contributed by atoms with van der Waals surface area (Å²) < 4.78 is 51.4. The molecule has 1 aromatic carbocycles. The van der Waals surface area contributed by atoms with Crippen molar-refractivity contribution in [2.45, 2.75) is 64.7 Å². The van der Waals surface area contributed by atoms with Crippen LogP contribution < -0.4 is 5.32 Å². The molecule has 4 rings (SSSR count). The predicted octanol–water partition coefficient (Wildman–Crippen LogP) is 5.03. The summed E-state index contributed by atoms with van der Waals surface area (Å²) in [6.45, 7) is 6.32. The van der Waals surface area contributed by atoms with Gasteiger partial charge < -0.3 is 14.8 Å². The fraction of sp³-hybridized carbons (Fsp3) is 0.520. The van der Waals surface area contributed by atoms with E-state index in [9.17, 15) is 22.8 Å². The number of alkyl halides is 3. The SMILES string of the molecule is CC1=C(C(=O)OC[C@H]2CCCO2)[C@H](c2cccc(C(F)(F)F)c2)C2=C(CC(C)(C)CC2=O)N1. The summed E-state index contributed by atoms with van der Waals surface area (Å²) >= 11 is 0. The maximum atomic E-state index is 13.5. The zero-order chi connectivity index (χ0) is 24.0. The topological polar surface area (TPSA) is 64.6 Å². The average Bonchev–Trinajstić information content (AvgIpc) is 3.23. The molecule has 5 nitrogen and oxygen atoms in total. The summed E-state index contributed by atoms with van der Waals surface area (Å²) in [6.07, 6.45) is -2.26. The van der Waals surface area contributed by atoms with Crippen LogP contribution in [0.2, 0.25) is 0 Å². The minimum absolute atomic E-state index is 0.0673. The molecule has 178 valence electrons. The van der Waals surface area contributed by atoms with Crippen LogP contribution in [0.15, 0.2) is 46.8 Å². The normalized spacial score (nSPS) is 25.1. The minimum Gasteiger partial charge on any atom is -0.459 e. The van der Waals surface area contributed by atoms with Gasteiger partial charge in [-0.1, -0.05) is 32.0 Å². The van der Waals surface area contributed by atoms with Gasteiger partial charge in [0, 0.05) is 35.9 Å². The van der Waals surface area contributed by atoms with E-state index >= 15 is 0 Å². The number of allylic oxidation sites excluding steroid dienone is 3. The Balaban J connectivity index is 1.76. The number of carbonyl (C=O) groups excluding carboxylic acids is 2. The number of benzene rings is 1. The van der Waals surface area contributed by atoms with E-state index < -0.39 is 23.6 Å². The van der Waals surface area contributed by atoms with Gasteiger partial charge in [-0.15, -0.1) is 0 Å². The van der Waals surface area contributed by atoms with E-state index in [1.807, 2.05) is 13.8 Å². The van der Waals surface area contributed by atoms with Gasteiger partial charge in [0.15, 0.2) is 5.78 Å². The number of ketones is 1. The number of halogens is 3. The van der Waals surface area contributed by atoms with Crippen molar-refractivity contribution in [2.75, 3.05) is 13.2 Å². The molecule has 0 unspecified atom stereocenters. The molecular weight excluding hydrogens is 435 g/mol. The second-order valence-electron chi connectivity index (χ2n) is 9.79. The number of hydrogen-bond acceptors (Lipinski definition) is 5. The highest BCUT2D eigenvalue weighted by atomic mass is 19.4. The molecule has 3 aliphatic rings. The second kappa shape index (κ2) is 8.63. The van der Waals surface area contributed by atoms with Gasteiger partial charge in [-0.05, 0) is 43.2 Å². The van der Waals surface area contributed by atoms with Crippen molar-refractivity contribution in [3.8, 4) is 0 Å². The molecule has 2 aliphatic heterocycles. The maximum absolute atomic E-state index is 13.5. The van der Waals surface area contributed by atoms with E-state index in [-0.39, 0.29) is 41.5 Å². The van der Waals surface area contributed by atoms with Gasteiger partial charge in [0.1, 0.15) is 6.61 Å². The molecule has 8 heteroatoms. The average molecular weight is 463 g/mol. The highest BCUT2D eigenvalue weighted by molar-refractivity contribution is 6.04. The van der Waals surface area contributed by atoms with Gasteiger partial charge in [0.2, 0.25) is 0 Å². The Kier molecular flexibility index (Phi) is 6.16. The van der Waals surface area contributed by atoms with Crippen molar-refractivity contribution < 1.29 is 32.2 Å². The third-order valence-corrected chi connectivity index (χ3v) is 6.43. The number of nitrogens with one attached hydrogen (secondary N) is 1. The molecule has 1 N–H and O–H groups in total. The van der Waals surface area contributed by atoms with Crippen molar-refractivity contribution in [2.24, 2.45) is 5.41 Å². The zero-order valence-electron chi connectivity index (χ0n) is 19.0. The van der Waals surface area contributed by atoms with Gasteiger partial charge in [-0.2, -0.15) is 13.2 Å². The molecule has 1 saturated heterocycles. The largest absolute Gasteiger partial charge is 0.459 e. The molecule has 0 saturated carbocycles. The first kappa shape index (κ1) is 23.5. The van der Waals surface area contributed by atoms with Crippen LogP contribution in [-0.2, 0) is 25.2 Å². The van der Waals surface area contributed by atoms with Crippen molar-refractivity contribution in [3.63, 3.8) is 0 Å². The van der Waals surface area contributed by atoms with Gasteiger partial charge in [-0.25, -0.2) is 4.79 Å². The van der Waals surface area contributed by atoms with E-state index in [1.54, 1.807) is 6.92 Å². The van der Waals surface area contributed by atoms with Crippen LogP contribution in [0.3, 0.4) is 0 Å². The van der Waals surface area contributed by atoms with E-state index in [0.29, 0.717) is 30.0 Å². The standard InChI is InChI=1S/C25H28F3NO4/c1-14-20(23(31)33-13-17-8-5-9-32-17)21(15-6-4-7-16(10-15)25(26,27)28)22-18(29-14)11-24(2,3)12-19(22)30/h4,6-7,10,17,21,29H,5,8-9,11-13H2,1-3H3/t17-,21+/m1/s1. The van der Waals surface area contributed by atoms with Crippen molar-refractivity contribution >= 4 is 11.8 Å². The third kappa shape index (κ3) is 4.86. The Labute approximate surface area is 191 Å². The Morgan fingerprint density at radius 3 is 2.70 bits per heavy atom. The molecule has 0 bridgehead atoms. The summed E-state index contributed by atoms with van der Waals surface area (Å²) in [5, 5.41) is 3.19. The Bertz CT molecular complexity index is 1030. The number of carbonyl (C=O) groups is 2. The van der Waals surface area contributed by atoms with E-state index in [1.165, 1.54) is 12.1 Å². The number of esters is 1. The van der Waals surface area contributed by atoms with Crippen LogP contribution >= 0.6 is 0 Å². The number of rotatable bonds is 4. The highest BCUT2D eigenvalue weighted by Gasteiger charge is 2.44. The van der Waals surface area contributed by atoms with Gasteiger partial charge >= 0.3 is 12.1 Å². The highest BCUT2D eigenvalue weighted by Crippen LogP contribution is 2.47. The third-order valence-electron chi connectivity index (χ3n) is 6.43. The molecule has 0 spiro atoms. The van der Waals surface area contributed by atoms with Crippen LogP contribution in [0.4, 0.5) is 13.2 Å². The second-order valence-corrected chi connectivity index (χ2v) is 9.79. The van der Waals surface area contributed by atoms with Crippen molar-refractivity contribution in [1.82, 2.24) is 5.32 Å². The first-order valence-corrected chi connectivity index (χ1v) is 11.2. The van der Waals surface area contributed by atoms with E-state index in [4.69, 9.17) is 9.47 Å². The van der Waals surface area contributed by atoms with Crippen LogP contribution in [0.25, 0.3) is 0 Å². The molecule has 0 radical (unpaired) electrons. The van der Waals surface area contributed by atoms with Crippen LogP contribution in [-0.4, -0.2) is 31.1 Å². The first-order valence-electron chi connectivity index (χ1n) is 11.2. The zero-order valence-corrected chi connectivity index (χ0v) is 19.0. The summed E-state index contributed by atoms with van der Waals surface area (Å²) in [7, 11) is 0. The fourth-order valence-corrected chi connectivity index (χ4v) is 4.96. The summed E-state index contributed by atoms with van der Waals surface area (Å²) in [4.78, 5) is 26.4. The number of dihydropyridines is 1. The smallest absolute Gasteiger partial charge is 0.416 e. The van der Waals surface area contributed by atoms with E-state index in [2.05, 4.69) is 5.32 Å². The van der Waals surface area contributed by atoms with Crippen LogP contribution in [0.1, 0.15) is 63.5 Å². The van der Waals surface area contributed by atoms with Crippen LogP contribution in [0, 0.1) is 5.41 Å². The Morgan fingerprint density at radius 2 is 2.03 bits per heavy atom. The Hall–Kier alpha value is -2.61. The van der Waals surface area contributed by atoms with Gasteiger partial charge in [0.05, 0.1) is 17.2 Å². The number of ether oxygens (including phenoxy) is 2. The predicted molar refractivity (Wildman–Crippen MR) is 115 cm³/mol. The number of Topliss-reactive ketones (excluding diaryl/α,β-unsaturated/α-hetero) is 1.